The predicted molar refractivity (Wildman–Crippen MR) is 243 cm³/mol. The van der Waals surface area contributed by atoms with Gasteiger partial charge in [-0.2, -0.15) is 29.0 Å². The number of benzene rings is 8. The van der Waals surface area contributed by atoms with Gasteiger partial charge in [0.25, 0.3) is 0 Å². The summed E-state index contributed by atoms with van der Waals surface area (Å²) in [5, 5.41) is 33.7. The summed E-state index contributed by atoms with van der Waals surface area (Å²) in [5.74, 6) is 0. The molecule has 0 unspecified atom stereocenters. The van der Waals surface area contributed by atoms with E-state index in [4.69, 9.17) is 13.1 Å². The van der Waals surface area contributed by atoms with E-state index in [1.54, 1.807) is 48.5 Å². The molecule has 0 saturated carbocycles. The first-order chi connectivity index (χ1) is 31.1. The van der Waals surface area contributed by atoms with Crippen molar-refractivity contribution < 1.29 is 13.2 Å². The normalized spacial score (nSPS) is 11.3. The third-order valence-corrected chi connectivity index (χ3v) is 11.7. The standard InChI is InChI=1S/C54H26F3N7/c1-61-37-18-20-39(47(27-37)62-2)34-17-22-50-44(25-34)41-10-4-7-13-48(41)63(50)52-28-45(40-9-3-6-12-46(40)54(55,56)57)53(26-36(52)31-60)64-49-14-8-5-11-42(49)43-24-33(16-21-51(43)64)38-19-15-32(29-58)23-35(38)30-59/h3-28H. The highest BCUT2D eigenvalue weighted by molar-refractivity contribution is 6.13. The summed E-state index contributed by atoms with van der Waals surface area (Å²) in [6.45, 7) is 15.3. The van der Waals surface area contributed by atoms with E-state index < -0.39 is 11.7 Å². The molecule has 10 heteroatoms. The summed E-state index contributed by atoms with van der Waals surface area (Å²) in [5.41, 5.74) is 7.08. The molecule has 0 spiro atoms. The molecule has 0 saturated heterocycles. The number of halogens is 3. The van der Waals surface area contributed by atoms with Gasteiger partial charge in [-0.3, -0.25) is 0 Å². The second kappa shape index (κ2) is 14.9. The van der Waals surface area contributed by atoms with Crippen LogP contribution in [0.15, 0.2) is 158 Å². The molecular weight excluding hydrogens is 804 g/mol. The lowest BCUT2D eigenvalue weighted by Gasteiger charge is -2.21. The third-order valence-electron chi connectivity index (χ3n) is 11.7. The van der Waals surface area contributed by atoms with Crippen molar-refractivity contribution in [2.45, 2.75) is 6.18 Å². The number of para-hydroxylation sites is 2. The number of alkyl halides is 3. The average molecular weight is 830 g/mol. The van der Waals surface area contributed by atoms with E-state index in [-0.39, 0.29) is 16.7 Å². The Labute approximate surface area is 363 Å². The van der Waals surface area contributed by atoms with Crippen molar-refractivity contribution in [3.8, 4) is 63.0 Å². The van der Waals surface area contributed by atoms with Crippen molar-refractivity contribution in [2.75, 3.05) is 0 Å². The summed E-state index contributed by atoms with van der Waals surface area (Å²) in [6, 6.07) is 51.8. The molecule has 64 heavy (non-hydrogen) atoms. The lowest BCUT2D eigenvalue weighted by atomic mass is 9.95. The number of hydrogen-bond donors (Lipinski definition) is 0. The molecule has 8 aromatic carbocycles. The maximum atomic E-state index is 15.1. The van der Waals surface area contributed by atoms with Gasteiger partial charge in [0.1, 0.15) is 6.07 Å². The minimum atomic E-state index is -4.72. The number of aromatic nitrogens is 2. The molecule has 0 N–H and O–H groups in total. The predicted octanol–water partition coefficient (Wildman–Crippen LogP) is 14.6. The lowest BCUT2D eigenvalue weighted by molar-refractivity contribution is -0.137. The monoisotopic (exact) mass is 829 g/mol. The third kappa shape index (κ3) is 6.09. The molecule has 298 valence electrons. The summed E-state index contributed by atoms with van der Waals surface area (Å²) in [7, 11) is 0. The van der Waals surface area contributed by atoms with Gasteiger partial charge in [0.2, 0.25) is 0 Å². The molecule has 0 aliphatic carbocycles. The van der Waals surface area contributed by atoms with Crippen LogP contribution in [0.1, 0.15) is 22.3 Å². The maximum absolute atomic E-state index is 15.1. The molecule has 10 aromatic rings. The van der Waals surface area contributed by atoms with Gasteiger partial charge in [0.05, 0.1) is 81.0 Å². The van der Waals surface area contributed by atoms with E-state index in [1.807, 2.05) is 94.1 Å². The van der Waals surface area contributed by atoms with Crippen LogP contribution in [0.2, 0.25) is 0 Å². The molecule has 0 radical (unpaired) electrons. The van der Waals surface area contributed by atoms with Crippen molar-refractivity contribution in [3.05, 3.63) is 203 Å². The second-order valence-electron chi connectivity index (χ2n) is 15.1. The highest BCUT2D eigenvalue weighted by atomic mass is 19.4. The van der Waals surface area contributed by atoms with Crippen LogP contribution in [0.3, 0.4) is 0 Å². The molecule has 0 bridgehead atoms. The highest BCUT2D eigenvalue weighted by Gasteiger charge is 2.35. The molecule has 10 rings (SSSR count). The SMILES string of the molecule is [C-]#[N+]c1ccc(-c2ccc3c(c2)c2ccccc2n3-c2cc(-c3ccccc3C(F)(F)F)c(-n3c4ccccc4c4cc(-c5ccc(C#N)cc5C#N)ccc43)cc2C#N)c([N+]#[C-])c1. The zero-order chi connectivity index (χ0) is 44.3. The number of nitriles is 3. The lowest BCUT2D eigenvalue weighted by Crippen LogP contribution is -2.09. The minimum Gasteiger partial charge on any atom is -0.309 e. The van der Waals surface area contributed by atoms with Crippen molar-refractivity contribution in [2.24, 2.45) is 0 Å². The number of fused-ring (bicyclic) bond motifs is 6. The molecule has 2 aromatic heterocycles. The Kier molecular flexibility index (Phi) is 9.06. The van der Waals surface area contributed by atoms with Crippen LogP contribution in [0.4, 0.5) is 24.5 Å². The first-order valence-electron chi connectivity index (χ1n) is 19.8. The van der Waals surface area contributed by atoms with Crippen molar-refractivity contribution in [1.82, 2.24) is 9.13 Å². The molecule has 0 aliphatic rings. The Morgan fingerprint density at radius 3 is 1.64 bits per heavy atom. The van der Waals surface area contributed by atoms with Crippen LogP contribution in [-0.4, -0.2) is 9.13 Å². The van der Waals surface area contributed by atoms with E-state index >= 15 is 13.2 Å². The quantitative estimate of drug-likeness (QED) is 0.162. The van der Waals surface area contributed by atoms with Gasteiger partial charge >= 0.3 is 6.18 Å². The van der Waals surface area contributed by atoms with Gasteiger partial charge in [-0.1, -0.05) is 91.0 Å². The zero-order valence-corrected chi connectivity index (χ0v) is 33.3. The molecule has 0 aliphatic heterocycles. The average Bonchev–Trinajstić information content (AvgIpc) is 3.84. The minimum absolute atomic E-state index is 0.0767. The number of hydrogen-bond acceptors (Lipinski definition) is 3. The fourth-order valence-corrected chi connectivity index (χ4v) is 8.90. The Hall–Kier alpha value is -9.40. The topological polar surface area (TPSA) is 90.0 Å². The van der Waals surface area contributed by atoms with Crippen molar-refractivity contribution in [1.29, 1.82) is 15.8 Å². The van der Waals surface area contributed by atoms with Crippen LogP contribution in [0.25, 0.3) is 98.1 Å². The van der Waals surface area contributed by atoms with Crippen LogP contribution in [-0.2, 0) is 6.18 Å². The van der Waals surface area contributed by atoms with Crippen LogP contribution >= 0.6 is 0 Å². The van der Waals surface area contributed by atoms with Crippen molar-refractivity contribution in [3.63, 3.8) is 0 Å². The van der Waals surface area contributed by atoms with Crippen LogP contribution in [0.5, 0.6) is 0 Å². The summed E-state index contributed by atoms with van der Waals surface area (Å²) in [6.07, 6.45) is -4.72. The molecule has 0 amide bonds. The number of nitrogens with zero attached hydrogens (tertiary/aromatic N) is 7. The molecule has 0 fully saturated rings. The summed E-state index contributed by atoms with van der Waals surface area (Å²) < 4.78 is 49.1. The van der Waals surface area contributed by atoms with Gasteiger partial charge in [-0.25, -0.2) is 9.69 Å². The fourth-order valence-electron chi connectivity index (χ4n) is 8.90. The first-order valence-corrected chi connectivity index (χ1v) is 19.8. The number of rotatable bonds is 5. The Morgan fingerprint density at radius 1 is 0.453 bits per heavy atom. The van der Waals surface area contributed by atoms with Gasteiger partial charge in [0, 0.05) is 27.1 Å². The first kappa shape index (κ1) is 38.8. The fraction of sp³-hybridized carbons (Fsp3) is 0.0185. The maximum Gasteiger partial charge on any atom is 0.417 e. The van der Waals surface area contributed by atoms with E-state index in [2.05, 4.69) is 27.9 Å². The molecule has 0 atom stereocenters. The van der Waals surface area contributed by atoms with Crippen molar-refractivity contribution >= 4 is 55.0 Å². The van der Waals surface area contributed by atoms with Crippen LogP contribution in [0, 0.1) is 47.1 Å². The Morgan fingerprint density at radius 2 is 1.03 bits per heavy atom. The van der Waals surface area contributed by atoms with Gasteiger partial charge in [-0.15, -0.1) is 0 Å². The van der Waals surface area contributed by atoms with E-state index in [1.165, 1.54) is 18.2 Å². The van der Waals surface area contributed by atoms with E-state index in [0.29, 0.717) is 72.6 Å². The van der Waals surface area contributed by atoms with Gasteiger partial charge < -0.3 is 9.13 Å². The molecular formula is C54H26F3N7. The molecule has 2 heterocycles. The smallest absolute Gasteiger partial charge is 0.309 e. The zero-order valence-electron chi connectivity index (χ0n) is 33.3. The van der Waals surface area contributed by atoms with Crippen LogP contribution < -0.4 is 0 Å². The summed E-state index contributed by atoms with van der Waals surface area (Å²) in [4.78, 5) is 7.17. The van der Waals surface area contributed by atoms with Gasteiger partial charge in [-0.05, 0) is 94.5 Å². The molecule has 7 nitrogen and oxygen atoms in total. The summed E-state index contributed by atoms with van der Waals surface area (Å²) >= 11 is 0. The largest absolute Gasteiger partial charge is 0.417 e. The highest BCUT2D eigenvalue weighted by Crippen LogP contribution is 2.46. The van der Waals surface area contributed by atoms with Gasteiger partial charge in [0.15, 0.2) is 11.4 Å². The Bertz CT molecular complexity index is 3850. The van der Waals surface area contributed by atoms with E-state index in [9.17, 15) is 15.8 Å². The second-order valence-corrected chi connectivity index (χ2v) is 15.1. The van der Waals surface area contributed by atoms with E-state index in [0.717, 1.165) is 33.2 Å². The Balaban J connectivity index is 1.27.